The van der Waals surface area contributed by atoms with E-state index in [0.717, 1.165) is 10.9 Å². The molecule has 2 aliphatic rings. The van der Waals surface area contributed by atoms with E-state index in [0.29, 0.717) is 29.0 Å². The molecule has 0 radical (unpaired) electrons. The maximum Gasteiger partial charge on any atom is 0.244 e. The lowest BCUT2D eigenvalue weighted by Gasteiger charge is -2.34. The van der Waals surface area contributed by atoms with E-state index in [4.69, 9.17) is 0 Å². The molecule has 1 aromatic rings. The molecule has 2 unspecified atom stereocenters. The number of carbonyl (C=O) groups is 1. The standard InChI is InChI=1S/C14H17BrN2O3S/c1-8-5-10(15)6-9(2)13(8)21(19,20)17-11-3-4-12(17)14(18)16-7-11/h5-6,11-12H,3-4,7H2,1-2H3,(H,16,18). The topological polar surface area (TPSA) is 66.5 Å². The predicted molar refractivity (Wildman–Crippen MR) is 82.5 cm³/mol. The van der Waals surface area contributed by atoms with Gasteiger partial charge in [-0.25, -0.2) is 8.42 Å². The fraction of sp³-hybridized carbons (Fsp3) is 0.500. The second-order valence-corrected chi connectivity index (χ2v) is 8.39. The maximum absolute atomic E-state index is 13.1. The first-order valence-electron chi connectivity index (χ1n) is 6.90. The molecule has 1 N–H and O–H groups in total. The quantitative estimate of drug-likeness (QED) is 0.859. The number of fused-ring (bicyclic) bond motifs is 2. The molecule has 2 fully saturated rings. The van der Waals surface area contributed by atoms with Gasteiger partial charge in [0.25, 0.3) is 0 Å². The first kappa shape index (κ1) is 15.0. The summed E-state index contributed by atoms with van der Waals surface area (Å²) in [6.07, 6.45) is 1.33. The van der Waals surface area contributed by atoms with Crippen molar-refractivity contribution in [1.29, 1.82) is 0 Å². The lowest BCUT2D eigenvalue weighted by Crippen LogP contribution is -2.57. The first-order chi connectivity index (χ1) is 9.82. The van der Waals surface area contributed by atoms with Crippen LogP contribution >= 0.6 is 15.9 Å². The van der Waals surface area contributed by atoms with Crippen LogP contribution in [0.5, 0.6) is 0 Å². The monoisotopic (exact) mass is 372 g/mol. The van der Waals surface area contributed by atoms with Gasteiger partial charge in [-0.2, -0.15) is 4.31 Å². The van der Waals surface area contributed by atoms with Crippen molar-refractivity contribution in [3.05, 3.63) is 27.7 Å². The second-order valence-electron chi connectivity index (χ2n) is 5.70. The third-order valence-corrected chi connectivity index (χ3v) is 6.94. The Morgan fingerprint density at radius 1 is 1.24 bits per heavy atom. The molecular weight excluding hydrogens is 356 g/mol. The predicted octanol–water partition coefficient (Wildman–Crippen LogP) is 1.72. The molecule has 0 aliphatic carbocycles. The number of aryl methyl sites for hydroxylation is 2. The molecule has 2 atom stereocenters. The average Bonchev–Trinajstić information content (AvgIpc) is 2.70. The normalized spacial score (nSPS) is 26.0. The van der Waals surface area contributed by atoms with Crippen LogP contribution in [-0.4, -0.2) is 37.3 Å². The number of nitrogens with zero attached hydrogens (tertiary/aromatic N) is 1. The van der Waals surface area contributed by atoms with Gasteiger partial charge in [0, 0.05) is 17.1 Å². The molecule has 3 rings (SSSR count). The van der Waals surface area contributed by atoms with Gasteiger partial charge in [0.15, 0.2) is 0 Å². The van der Waals surface area contributed by atoms with Gasteiger partial charge in [0.1, 0.15) is 6.04 Å². The van der Waals surface area contributed by atoms with Gasteiger partial charge in [-0.05, 0) is 49.9 Å². The van der Waals surface area contributed by atoms with Crippen LogP contribution in [0, 0.1) is 13.8 Å². The van der Waals surface area contributed by atoms with Crippen molar-refractivity contribution < 1.29 is 13.2 Å². The summed E-state index contributed by atoms with van der Waals surface area (Å²) < 4.78 is 28.4. The molecule has 1 amide bonds. The van der Waals surface area contributed by atoms with E-state index in [2.05, 4.69) is 21.2 Å². The summed E-state index contributed by atoms with van der Waals surface area (Å²) in [6.45, 7) is 3.98. The number of rotatable bonds is 2. The van der Waals surface area contributed by atoms with Crippen LogP contribution in [0.3, 0.4) is 0 Å². The van der Waals surface area contributed by atoms with Crippen molar-refractivity contribution in [3.63, 3.8) is 0 Å². The fourth-order valence-corrected chi connectivity index (χ4v) is 6.35. The molecular formula is C14H17BrN2O3S. The van der Waals surface area contributed by atoms with Gasteiger partial charge in [0.05, 0.1) is 4.90 Å². The SMILES string of the molecule is Cc1cc(Br)cc(C)c1S(=O)(=O)N1C2CCC1C(=O)NC2. The summed E-state index contributed by atoms with van der Waals surface area (Å²) in [5, 5.41) is 2.78. The third-order valence-electron chi connectivity index (χ3n) is 4.22. The van der Waals surface area contributed by atoms with Gasteiger partial charge < -0.3 is 5.32 Å². The minimum Gasteiger partial charge on any atom is -0.353 e. The van der Waals surface area contributed by atoms with Crippen molar-refractivity contribution in [2.45, 2.75) is 43.7 Å². The zero-order valence-corrected chi connectivity index (χ0v) is 14.3. The van der Waals surface area contributed by atoms with Crippen LogP contribution in [0.4, 0.5) is 0 Å². The molecule has 7 heteroatoms. The molecule has 0 spiro atoms. The number of sulfonamides is 1. The summed E-state index contributed by atoms with van der Waals surface area (Å²) in [6, 6.07) is 2.91. The molecule has 2 aliphatic heterocycles. The van der Waals surface area contributed by atoms with E-state index >= 15 is 0 Å². The number of hydrogen-bond acceptors (Lipinski definition) is 3. The van der Waals surface area contributed by atoms with E-state index < -0.39 is 16.1 Å². The van der Waals surface area contributed by atoms with Crippen molar-refractivity contribution in [3.8, 4) is 0 Å². The third kappa shape index (κ3) is 2.31. The second kappa shape index (κ2) is 5.07. The van der Waals surface area contributed by atoms with Crippen molar-refractivity contribution in [2.75, 3.05) is 6.54 Å². The highest BCUT2D eigenvalue weighted by atomic mass is 79.9. The molecule has 0 saturated carbocycles. The van der Waals surface area contributed by atoms with Gasteiger partial charge in [-0.1, -0.05) is 15.9 Å². The molecule has 21 heavy (non-hydrogen) atoms. The summed E-state index contributed by atoms with van der Waals surface area (Å²) in [4.78, 5) is 12.3. The molecule has 2 saturated heterocycles. The van der Waals surface area contributed by atoms with E-state index in [1.807, 2.05) is 0 Å². The van der Waals surface area contributed by atoms with E-state index in [-0.39, 0.29) is 11.9 Å². The fourth-order valence-electron chi connectivity index (χ4n) is 3.41. The van der Waals surface area contributed by atoms with Crippen molar-refractivity contribution >= 4 is 31.9 Å². The Morgan fingerprint density at radius 3 is 2.48 bits per heavy atom. The first-order valence-corrected chi connectivity index (χ1v) is 9.13. The largest absolute Gasteiger partial charge is 0.353 e. The van der Waals surface area contributed by atoms with Crippen LogP contribution in [-0.2, 0) is 14.8 Å². The summed E-state index contributed by atoms with van der Waals surface area (Å²) >= 11 is 3.38. The Kier molecular flexibility index (Phi) is 3.62. The molecule has 0 aromatic heterocycles. The van der Waals surface area contributed by atoms with Crippen LogP contribution < -0.4 is 5.32 Å². The van der Waals surface area contributed by atoms with Crippen LogP contribution in [0.25, 0.3) is 0 Å². The minimum absolute atomic E-state index is 0.125. The zero-order chi connectivity index (χ0) is 15.4. The summed E-state index contributed by atoms with van der Waals surface area (Å²) in [5.74, 6) is -0.181. The lowest BCUT2D eigenvalue weighted by molar-refractivity contribution is -0.126. The smallest absolute Gasteiger partial charge is 0.244 e. The average molecular weight is 373 g/mol. The number of halogens is 1. The van der Waals surface area contributed by atoms with E-state index in [1.54, 1.807) is 26.0 Å². The number of carbonyl (C=O) groups excluding carboxylic acids is 1. The summed E-state index contributed by atoms with van der Waals surface area (Å²) in [5.41, 5.74) is 1.40. The molecule has 2 heterocycles. The van der Waals surface area contributed by atoms with Crippen molar-refractivity contribution in [2.24, 2.45) is 0 Å². The highest BCUT2D eigenvalue weighted by molar-refractivity contribution is 9.10. The number of hydrogen-bond donors (Lipinski definition) is 1. The minimum atomic E-state index is -3.66. The van der Waals surface area contributed by atoms with Gasteiger partial charge in [-0.15, -0.1) is 0 Å². The van der Waals surface area contributed by atoms with Crippen LogP contribution in [0.2, 0.25) is 0 Å². The van der Waals surface area contributed by atoms with Crippen LogP contribution in [0.1, 0.15) is 24.0 Å². The van der Waals surface area contributed by atoms with E-state index in [1.165, 1.54) is 4.31 Å². The van der Waals surface area contributed by atoms with Gasteiger partial charge in [0.2, 0.25) is 15.9 Å². The maximum atomic E-state index is 13.1. The van der Waals surface area contributed by atoms with Gasteiger partial charge in [-0.3, -0.25) is 4.79 Å². The number of amides is 1. The Balaban J connectivity index is 2.12. The lowest BCUT2D eigenvalue weighted by atomic mass is 10.2. The van der Waals surface area contributed by atoms with E-state index in [9.17, 15) is 13.2 Å². The Bertz CT molecular complexity index is 694. The van der Waals surface area contributed by atoms with Crippen LogP contribution in [0.15, 0.2) is 21.5 Å². The Hall–Kier alpha value is -0.920. The Labute approximate surface area is 132 Å². The highest BCUT2D eigenvalue weighted by Gasteiger charge is 2.49. The van der Waals surface area contributed by atoms with Gasteiger partial charge >= 0.3 is 0 Å². The summed E-state index contributed by atoms with van der Waals surface area (Å²) in [7, 11) is -3.66. The highest BCUT2D eigenvalue weighted by Crippen LogP contribution is 2.36. The number of nitrogens with one attached hydrogen (secondary N) is 1. The molecule has 1 aromatic carbocycles. The number of benzene rings is 1. The Morgan fingerprint density at radius 2 is 1.86 bits per heavy atom. The number of piperazine rings is 1. The van der Waals surface area contributed by atoms with Crippen molar-refractivity contribution in [1.82, 2.24) is 9.62 Å². The molecule has 5 nitrogen and oxygen atoms in total. The zero-order valence-electron chi connectivity index (χ0n) is 11.9. The molecule has 114 valence electrons. The molecule has 2 bridgehead atoms.